The second-order valence-electron chi connectivity index (χ2n) is 21.7. The molecular formula is C64H62N4O. The molecule has 69 heavy (non-hydrogen) atoms. The molecule has 0 saturated heterocycles. The van der Waals surface area contributed by atoms with E-state index in [0.29, 0.717) is 0 Å². The zero-order chi connectivity index (χ0) is 48.3. The largest absolute Gasteiger partial charge is 0.458 e. The number of hydrogen-bond donors (Lipinski definition) is 0. The molecule has 10 rings (SSSR count). The molecule has 0 unspecified atom stereocenters. The summed E-state index contributed by atoms with van der Waals surface area (Å²) in [6.45, 7) is 22.8. The standard InChI is InChI=1S/C64H62N4O/c1-61(2,3)48-34-50(64(9,10)46-26-18-13-19-27-46)37-51(35-48)66-42-59(44-22-14-11-15-23-44)67(43-66)52-36-49(62(4,5)6)38-54(40-52)69-53-30-31-56-55-28-20-21-29-57(55)68(58(56)41-53)60-39-47(32-33-65-60)63(7,8)45-24-16-12-17-25-45/h11-42H,1-10H3. The summed E-state index contributed by atoms with van der Waals surface area (Å²) in [6, 6.07) is 65.2. The third-order valence-electron chi connectivity index (χ3n) is 14.1. The molecular weight excluding hydrogens is 841 g/mol. The summed E-state index contributed by atoms with van der Waals surface area (Å²) in [5, 5.41) is 2.31. The topological polar surface area (TPSA) is 35.9 Å². The predicted molar refractivity (Wildman–Crippen MR) is 285 cm³/mol. The molecule has 0 atom stereocenters. The van der Waals surface area contributed by atoms with Crippen LogP contribution in [-0.2, 0) is 21.7 Å². The number of nitrogens with zero attached hydrogens (tertiary/aromatic N) is 4. The van der Waals surface area contributed by atoms with Gasteiger partial charge in [0.1, 0.15) is 17.3 Å². The highest BCUT2D eigenvalue weighted by atomic mass is 16.5. The number of pyridine rings is 1. The molecule has 0 amide bonds. The molecule has 10 aromatic rings. The lowest BCUT2D eigenvalue weighted by Crippen LogP contribution is -2.31. The van der Waals surface area contributed by atoms with E-state index in [9.17, 15) is 0 Å². The lowest BCUT2D eigenvalue weighted by molar-refractivity contribution is -0.599. The van der Waals surface area contributed by atoms with E-state index in [1.807, 2.05) is 6.20 Å². The predicted octanol–water partition coefficient (Wildman–Crippen LogP) is 15.8. The molecule has 344 valence electrons. The lowest BCUT2D eigenvalue weighted by Gasteiger charge is -2.30. The maximum Gasteiger partial charge on any atom is 0.269 e. The van der Waals surface area contributed by atoms with E-state index in [1.165, 1.54) is 33.2 Å². The fourth-order valence-electron chi connectivity index (χ4n) is 9.63. The monoisotopic (exact) mass is 902 g/mol. The maximum absolute atomic E-state index is 7.02. The van der Waals surface area contributed by atoms with Gasteiger partial charge in [0.25, 0.3) is 6.33 Å². The summed E-state index contributed by atoms with van der Waals surface area (Å²) >= 11 is 0. The molecule has 3 aromatic heterocycles. The molecule has 0 radical (unpaired) electrons. The van der Waals surface area contributed by atoms with Crippen molar-refractivity contribution in [1.29, 1.82) is 0 Å². The van der Waals surface area contributed by atoms with Crippen molar-refractivity contribution >= 4 is 21.8 Å². The van der Waals surface area contributed by atoms with Crippen LogP contribution in [0.3, 0.4) is 0 Å². The van der Waals surface area contributed by atoms with Crippen LogP contribution in [0.15, 0.2) is 194 Å². The van der Waals surface area contributed by atoms with Crippen molar-refractivity contribution in [2.45, 2.75) is 90.9 Å². The van der Waals surface area contributed by atoms with E-state index in [-0.39, 0.29) is 21.7 Å². The fourth-order valence-corrected chi connectivity index (χ4v) is 9.63. The van der Waals surface area contributed by atoms with Gasteiger partial charge >= 0.3 is 0 Å². The summed E-state index contributed by atoms with van der Waals surface area (Å²) in [5.41, 5.74) is 13.0. The molecule has 0 fully saturated rings. The van der Waals surface area contributed by atoms with Gasteiger partial charge in [0.2, 0.25) is 0 Å². The maximum atomic E-state index is 7.02. The van der Waals surface area contributed by atoms with Crippen molar-refractivity contribution in [2.75, 3.05) is 0 Å². The van der Waals surface area contributed by atoms with E-state index in [4.69, 9.17) is 9.72 Å². The number of imidazole rings is 1. The Labute approximate surface area is 408 Å². The molecule has 0 spiro atoms. The van der Waals surface area contributed by atoms with E-state index in [1.54, 1.807) is 0 Å². The highest BCUT2D eigenvalue weighted by Gasteiger charge is 2.28. The van der Waals surface area contributed by atoms with Gasteiger partial charge in [-0.25, -0.2) is 4.98 Å². The van der Waals surface area contributed by atoms with Crippen molar-refractivity contribution in [3.05, 3.63) is 234 Å². The van der Waals surface area contributed by atoms with Crippen LogP contribution < -0.4 is 9.30 Å². The second-order valence-corrected chi connectivity index (χ2v) is 21.7. The molecule has 0 N–H and O–H groups in total. The van der Waals surface area contributed by atoms with Gasteiger partial charge in [0.05, 0.1) is 28.1 Å². The number of hydrogen-bond acceptors (Lipinski definition) is 2. The minimum absolute atomic E-state index is 0.0760. The number of para-hydroxylation sites is 1. The van der Waals surface area contributed by atoms with Gasteiger partial charge in [-0.15, -0.1) is 0 Å². The van der Waals surface area contributed by atoms with Gasteiger partial charge in [-0.1, -0.05) is 184 Å². The van der Waals surface area contributed by atoms with Crippen LogP contribution >= 0.6 is 0 Å². The van der Waals surface area contributed by atoms with Crippen molar-refractivity contribution in [1.82, 2.24) is 14.1 Å². The first-order valence-corrected chi connectivity index (χ1v) is 24.2. The normalized spacial score (nSPS) is 12.5. The van der Waals surface area contributed by atoms with E-state index in [2.05, 4.69) is 277 Å². The van der Waals surface area contributed by atoms with Crippen molar-refractivity contribution in [2.24, 2.45) is 0 Å². The Morgan fingerprint density at radius 1 is 0.464 bits per heavy atom. The summed E-state index contributed by atoms with van der Waals surface area (Å²) in [4.78, 5) is 5.00. The molecule has 0 saturated carbocycles. The molecule has 0 aliphatic heterocycles. The number of ether oxygens (including phenoxy) is 1. The first kappa shape index (κ1) is 45.3. The Kier molecular flexibility index (Phi) is 11.3. The van der Waals surface area contributed by atoms with Gasteiger partial charge in [0.15, 0.2) is 0 Å². The van der Waals surface area contributed by atoms with Gasteiger partial charge in [-0.05, 0) is 110 Å². The van der Waals surface area contributed by atoms with Crippen LogP contribution in [0.25, 0.3) is 50.3 Å². The highest BCUT2D eigenvalue weighted by Crippen LogP contribution is 2.40. The molecule has 0 bridgehead atoms. The first-order valence-electron chi connectivity index (χ1n) is 24.2. The Morgan fingerprint density at radius 2 is 1.04 bits per heavy atom. The van der Waals surface area contributed by atoms with Gasteiger partial charge in [-0.2, -0.15) is 0 Å². The second kappa shape index (κ2) is 17.2. The lowest BCUT2D eigenvalue weighted by atomic mass is 9.75. The minimum atomic E-state index is -0.229. The molecule has 3 heterocycles. The van der Waals surface area contributed by atoms with Crippen LogP contribution in [0, 0.1) is 6.33 Å². The van der Waals surface area contributed by atoms with Crippen molar-refractivity contribution < 1.29 is 9.30 Å². The first-order chi connectivity index (χ1) is 32.9. The summed E-state index contributed by atoms with van der Waals surface area (Å²) < 4.78 is 13.7. The van der Waals surface area contributed by atoms with Crippen LogP contribution in [0.4, 0.5) is 0 Å². The molecule has 0 aliphatic rings. The zero-order valence-corrected chi connectivity index (χ0v) is 41.7. The molecule has 7 aromatic carbocycles. The molecule has 0 aliphatic carbocycles. The smallest absolute Gasteiger partial charge is 0.269 e. The molecule has 5 nitrogen and oxygen atoms in total. The van der Waals surface area contributed by atoms with Crippen LogP contribution in [0.2, 0.25) is 0 Å². The Hall–Kier alpha value is -7.50. The minimum Gasteiger partial charge on any atom is -0.458 e. The van der Waals surface area contributed by atoms with Crippen molar-refractivity contribution in [3.8, 4) is 39.9 Å². The van der Waals surface area contributed by atoms with Crippen molar-refractivity contribution in [3.63, 3.8) is 0 Å². The number of benzene rings is 7. The zero-order valence-electron chi connectivity index (χ0n) is 41.7. The quantitative estimate of drug-likeness (QED) is 0.101. The fraction of sp³-hybridized carbons (Fsp3) is 0.219. The van der Waals surface area contributed by atoms with Gasteiger partial charge in [-0.3, -0.25) is 13.7 Å². The Balaban J connectivity index is 1.10. The van der Waals surface area contributed by atoms with Gasteiger partial charge in [0, 0.05) is 40.1 Å². The number of rotatable bonds is 10. The average Bonchev–Trinajstić information content (AvgIpc) is 3.94. The van der Waals surface area contributed by atoms with E-state index < -0.39 is 0 Å². The summed E-state index contributed by atoms with van der Waals surface area (Å²) in [7, 11) is 0. The third-order valence-corrected chi connectivity index (χ3v) is 14.1. The number of fused-ring (bicyclic) bond motifs is 3. The van der Waals surface area contributed by atoms with E-state index in [0.717, 1.165) is 61.9 Å². The van der Waals surface area contributed by atoms with Crippen LogP contribution in [0.5, 0.6) is 11.5 Å². The Morgan fingerprint density at radius 3 is 1.71 bits per heavy atom. The SMILES string of the molecule is CC(C)(C)c1cc(Oc2ccc3c4ccccc4n(-c4cc(C(C)(C)c5ccccc5)ccn4)c3c2)cc(-n2[c-][n+](-c3cc(C(C)(C)C)cc(C(C)(C)c4ccccc4)c3)cc2-c2ccccc2)c1. The van der Waals surface area contributed by atoms with Gasteiger partial charge < -0.3 is 4.74 Å². The molecule has 5 heteroatoms. The van der Waals surface area contributed by atoms with Crippen LogP contribution in [0.1, 0.15) is 103 Å². The summed E-state index contributed by atoms with van der Waals surface area (Å²) in [6.07, 6.45) is 7.99. The third kappa shape index (κ3) is 8.67. The summed E-state index contributed by atoms with van der Waals surface area (Å²) in [5.74, 6) is 2.36. The van der Waals surface area contributed by atoms with Crippen LogP contribution in [-0.4, -0.2) is 14.1 Å². The van der Waals surface area contributed by atoms with E-state index >= 15 is 0 Å². The number of aromatic nitrogens is 4. The average molecular weight is 903 g/mol. The Bertz CT molecular complexity index is 3470. The highest BCUT2D eigenvalue weighted by molar-refractivity contribution is 6.09.